The first kappa shape index (κ1) is 18.4. The number of nitrogens with one attached hydrogen (secondary N) is 1. The third-order valence-electron chi connectivity index (χ3n) is 2.81. The number of benzene rings is 1. The first-order valence-electron chi connectivity index (χ1n) is 7.20. The van der Waals surface area contributed by atoms with Crippen molar-refractivity contribution >= 4 is 21.6 Å². The molecule has 1 aromatic rings. The topological polar surface area (TPSA) is 75.7 Å². The zero-order chi connectivity index (χ0) is 16.8. The van der Waals surface area contributed by atoms with Crippen LogP contribution in [0.1, 0.15) is 20.8 Å². The van der Waals surface area contributed by atoms with Crippen LogP contribution in [-0.4, -0.2) is 44.6 Å². The predicted molar refractivity (Wildman–Crippen MR) is 87.5 cm³/mol. The molecule has 0 spiro atoms. The van der Waals surface area contributed by atoms with E-state index in [-0.39, 0.29) is 18.4 Å². The number of amides is 1. The summed E-state index contributed by atoms with van der Waals surface area (Å²) >= 11 is 0. The van der Waals surface area contributed by atoms with E-state index in [9.17, 15) is 13.2 Å². The van der Waals surface area contributed by atoms with Gasteiger partial charge in [-0.3, -0.25) is 4.79 Å². The average Bonchev–Trinajstić information content (AvgIpc) is 2.39. The summed E-state index contributed by atoms with van der Waals surface area (Å²) in [5.41, 5.74) is 0.603. The van der Waals surface area contributed by atoms with Gasteiger partial charge >= 0.3 is 0 Å². The van der Waals surface area contributed by atoms with Gasteiger partial charge in [-0.05, 0) is 37.1 Å². The van der Waals surface area contributed by atoms with Gasteiger partial charge in [0.15, 0.2) is 0 Å². The number of hydrogen-bond donors (Lipinski definition) is 1. The van der Waals surface area contributed by atoms with E-state index < -0.39 is 10.0 Å². The maximum absolute atomic E-state index is 12.0. The maximum atomic E-state index is 12.0. The highest BCUT2D eigenvalue weighted by molar-refractivity contribution is 7.88. The van der Waals surface area contributed by atoms with E-state index in [1.165, 1.54) is 4.31 Å². The lowest BCUT2D eigenvalue weighted by atomic mass is 10.2. The van der Waals surface area contributed by atoms with Gasteiger partial charge in [-0.25, -0.2) is 8.42 Å². The van der Waals surface area contributed by atoms with Crippen molar-refractivity contribution in [3.8, 4) is 5.75 Å². The van der Waals surface area contributed by atoms with Gasteiger partial charge in [-0.1, -0.05) is 13.8 Å². The summed E-state index contributed by atoms with van der Waals surface area (Å²) in [6, 6.07) is 6.94. The van der Waals surface area contributed by atoms with Crippen molar-refractivity contribution in [1.29, 1.82) is 0 Å². The Balaban J connectivity index is 2.67. The minimum atomic E-state index is -3.41. The molecule has 6 nitrogen and oxygen atoms in total. The van der Waals surface area contributed by atoms with E-state index >= 15 is 0 Å². The van der Waals surface area contributed by atoms with Crippen LogP contribution in [-0.2, 0) is 14.8 Å². The summed E-state index contributed by atoms with van der Waals surface area (Å²) in [7, 11) is -3.41. The number of sulfonamides is 1. The fourth-order valence-electron chi connectivity index (χ4n) is 1.89. The number of nitrogens with zero attached hydrogens (tertiary/aromatic N) is 1. The SMILES string of the molecule is CCOc1ccc(NC(=O)CN(CC(C)C)S(C)(=O)=O)cc1. The van der Waals surface area contributed by atoms with Crippen LogP contribution in [0.5, 0.6) is 5.75 Å². The van der Waals surface area contributed by atoms with E-state index in [0.717, 1.165) is 12.0 Å². The molecule has 124 valence electrons. The quantitative estimate of drug-likeness (QED) is 0.791. The van der Waals surface area contributed by atoms with Crippen molar-refractivity contribution in [2.45, 2.75) is 20.8 Å². The van der Waals surface area contributed by atoms with Gasteiger partial charge in [0.25, 0.3) is 0 Å². The highest BCUT2D eigenvalue weighted by Crippen LogP contribution is 2.15. The molecular formula is C15H24N2O4S. The molecule has 0 heterocycles. The molecule has 0 bridgehead atoms. The minimum Gasteiger partial charge on any atom is -0.494 e. The second kappa shape index (κ2) is 8.14. The molecule has 0 fully saturated rings. The van der Waals surface area contributed by atoms with Crippen molar-refractivity contribution < 1.29 is 17.9 Å². The van der Waals surface area contributed by atoms with Crippen LogP contribution in [0.2, 0.25) is 0 Å². The minimum absolute atomic E-state index is 0.146. The van der Waals surface area contributed by atoms with Crippen LogP contribution in [0.25, 0.3) is 0 Å². The van der Waals surface area contributed by atoms with Crippen molar-refractivity contribution in [3.63, 3.8) is 0 Å². The molecule has 1 amide bonds. The van der Waals surface area contributed by atoms with Gasteiger partial charge in [0.2, 0.25) is 15.9 Å². The predicted octanol–water partition coefficient (Wildman–Crippen LogP) is 1.94. The van der Waals surface area contributed by atoms with E-state index in [4.69, 9.17) is 4.74 Å². The van der Waals surface area contributed by atoms with Gasteiger partial charge in [0.1, 0.15) is 5.75 Å². The zero-order valence-electron chi connectivity index (χ0n) is 13.5. The number of anilines is 1. The van der Waals surface area contributed by atoms with Gasteiger partial charge < -0.3 is 10.1 Å². The third-order valence-corrected chi connectivity index (χ3v) is 4.02. The van der Waals surface area contributed by atoms with Crippen LogP contribution in [0.15, 0.2) is 24.3 Å². The molecule has 0 unspecified atom stereocenters. The third kappa shape index (κ3) is 6.44. The lowest BCUT2D eigenvalue weighted by Gasteiger charge is -2.21. The average molecular weight is 328 g/mol. The number of hydrogen-bond acceptors (Lipinski definition) is 4. The van der Waals surface area contributed by atoms with Gasteiger partial charge in [-0.15, -0.1) is 0 Å². The summed E-state index contributed by atoms with van der Waals surface area (Å²) in [4.78, 5) is 12.0. The largest absolute Gasteiger partial charge is 0.494 e. The van der Waals surface area contributed by atoms with Crippen LogP contribution >= 0.6 is 0 Å². The van der Waals surface area contributed by atoms with E-state index in [1.807, 2.05) is 20.8 Å². The monoisotopic (exact) mass is 328 g/mol. The molecule has 0 radical (unpaired) electrons. The second-order valence-electron chi connectivity index (χ2n) is 5.45. The molecule has 0 atom stereocenters. The number of carbonyl (C=O) groups excluding carboxylic acids is 1. The molecule has 0 aliphatic carbocycles. The van der Waals surface area contributed by atoms with Crippen molar-refractivity contribution in [2.24, 2.45) is 5.92 Å². The molecule has 7 heteroatoms. The lowest BCUT2D eigenvalue weighted by Crippen LogP contribution is -2.39. The smallest absolute Gasteiger partial charge is 0.239 e. The first-order chi connectivity index (χ1) is 10.2. The molecule has 1 rings (SSSR count). The van der Waals surface area contributed by atoms with E-state index in [2.05, 4.69) is 5.32 Å². The molecule has 22 heavy (non-hydrogen) atoms. The normalized spacial score (nSPS) is 11.7. The molecular weight excluding hydrogens is 304 g/mol. The fourth-order valence-corrected chi connectivity index (χ4v) is 2.81. The molecule has 0 aromatic heterocycles. The first-order valence-corrected chi connectivity index (χ1v) is 9.05. The lowest BCUT2D eigenvalue weighted by molar-refractivity contribution is -0.116. The maximum Gasteiger partial charge on any atom is 0.239 e. The number of carbonyl (C=O) groups is 1. The van der Waals surface area contributed by atoms with Crippen molar-refractivity contribution in [1.82, 2.24) is 4.31 Å². The summed E-state index contributed by atoms with van der Waals surface area (Å²) in [6.45, 7) is 6.40. The molecule has 0 saturated heterocycles. The Morgan fingerprint density at radius 3 is 2.32 bits per heavy atom. The summed E-state index contributed by atoms with van der Waals surface area (Å²) in [5, 5.41) is 2.69. The van der Waals surface area contributed by atoms with Gasteiger partial charge in [0, 0.05) is 12.2 Å². The van der Waals surface area contributed by atoms with E-state index in [0.29, 0.717) is 18.8 Å². The van der Waals surface area contributed by atoms with Crippen LogP contribution < -0.4 is 10.1 Å². The second-order valence-corrected chi connectivity index (χ2v) is 7.44. The Morgan fingerprint density at radius 1 is 1.27 bits per heavy atom. The van der Waals surface area contributed by atoms with Gasteiger partial charge in [-0.2, -0.15) is 4.31 Å². The zero-order valence-corrected chi connectivity index (χ0v) is 14.3. The van der Waals surface area contributed by atoms with Crippen molar-refractivity contribution in [3.05, 3.63) is 24.3 Å². The highest BCUT2D eigenvalue weighted by atomic mass is 32.2. The summed E-state index contributed by atoms with van der Waals surface area (Å²) in [6.07, 6.45) is 1.11. The number of rotatable bonds is 8. The Bertz CT molecular complexity index is 582. The Hall–Kier alpha value is -1.60. The molecule has 0 saturated carbocycles. The summed E-state index contributed by atoms with van der Waals surface area (Å²) < 4.78 is 29.9. The van der Waals surface area contributed by atoms with Crippen LogP contribution in [0, 0.1) is 5.92 Å². The highest BCUT2D eigenvalue weighted by Gasteiger charge is 2.21. The standard InChI is InChI=1S/C15H24N2O4S/c1-5-21-14-8-6-13(7-9-14)16-15(18)11-17(10-12(2)3)22(4,19)20/h6-9,12H,5,10-11H2,1-4H3,(H,16,18). The fraction of sp³-hybridized carbons (Fsp3) is 0.533. The Morgan fingerprint density at radius 2 is 1.86 bits per heavy atom. The molecule has 0 aliphatic rings. The Labute approximate surface area is 132 Å². The summed E-state index contributed by atoms with van der Waals surface area (Å²) in [5.74, 6) is 0.501. The van der Waals surface area contributed by atoms with Crippen LogP contribution in [0.4, 0.5) is 5.69 Å². The van der Waals surface area contributed by atoms with E-state index in [1.54, 1.807) is 24.3 Å². The number of ether oxygens (including phenoxy) is 1. The van der Waals surface area contributed by atoms with Crippen LogP contribution in [0.3, 0.4) is 0 Å². The molecule has 0 aliphatic heterocycles. The molecule has 1 N–H and O–H groups in total. The molecule has 1 aromatic carbocycles. The van der Waals surface area contributed by atoms with Crippen molar-refractivity contribution in [2.75, 3.05) is 31.3 Å². The van der Waals surface area contributed by atoms with Gasteiger partial charge in [0.05, 0.1) is 19.4 Å². The Kier molecular flexibility index (Phi) is 6.83.